The van der Waals surface area contributed by atoms with E-state index >= 15 is 0 Å². The summed E-state index contributed by atoms with van der Waals surface area (Å²) < 4.78 is 21.1. The normalized spacial score (nSPS) is 12.5. The van der Waals surface area contributed by atoms with Gasteiger partial charge in [-0.3, -0.25) is 4.79 Å². The number of ether oxygens (including phenoxy) is 4. The predicted octanol–water partition coefficient (Wildman–Crippen LogP) is 3.35. The Morgan fingerprint density at radius 3 is 2.14 bits per heavy atom. The van der Waals surface area contributed by atoms with Gasteiger partial charge in [0.15, 0.2) is 23.7 Å². The number of anilines is 1. The van der Waals surface area contributed by atoms with E-state index in [9.17, 15) is 9.59 Å². The molecular formula is C21H25NO6. The second-order valence-electron chi connectivity index (χ2n) is 6.21. The van der Waals surface area contributed by atoms with Crippen molar-refractivity contribution in [2.45, 2.75) is 33.0 Å². The van der Waals surface area contributed by atoms with Gasteiger partial charge in [0.1, 0.15) is 5.75 Å². The lowest BCUT2D eigenvalue weighted by atomic mass is 10.2. The first-order valence-corrected chi connectivity index (χ1v) is 8.80. The summed E-state index contributed by atoms with van der Waals surface area (Å²) >= 11 is 0. The maximum atomic E-state index is 12.3. The number of aryl methyl sites for hydroxylation is 1. The van der Waals surface area contributed by atoms with Gasteiger partial charge in [0.05, 0.1) is 14.2 Å². The van der Waals surface area contributed by atoms with E-state index in [0.29, 0.717) is 22.9 Å². The fourth-order valence-corrected chi connectivity index (χ4v) is 2.35. The Balaban J connectivity index is 1.92. The molecule has 0 heterocycles. The first-order valence-electron chi connectivity index (χ1n) is 8.80. The van der Waals surface area contributed by atoms with Crippen LogP contribution in [-0.2, 0) is 14.3 Å². The number of carbonyl (C=O) groups is 2. The first kappa shape index (κ1) is 21.1. The molecule has 7 heteroatoms. The Labute approximate surface area is 164 Å². The second-order valence-corrected chi connectivity index (χ2v) is 6.21. The molecule has 0 saturated heterocycles. The van der Waals surface area contributed by atoms with Gasteiger partial charge in [-0.1, -0.05) is 17.7 Å². The van der Waals surface area contributed by atoms with Gasteiger partial charge in [0, 0.05) is 11.8 Å². The minimum Gasteiger partial charge on any atom is -0.493 e. The lowest BCUT2D eigenvalue weighted by molar-refractivity contribution is -0.159. The fourth-order valence-electron chi connectivity index (χ4n) is 2.35. The van der Waals surface area contributed by atoms with Crippen molar-refractivity contribution >= 4 is 17.6 Å². The molecule has 2 aromatic carbocycles. The third kappa shape index (κ3) is 5.64. The molecule has 7 nitrogen and oxygen atoms in total. The molecule has 0 saturated carbocycles. The molecule has 2 rings (SSSR count). The molecule has 0 bridgehead atoms. The highest BCUT2D eigenvalue weighted by Crippen LogP contribution is 2.29. The van der Waals surface area contributed by atoms with Gasteiger partial charge < -0.3 is 24.3 Å². The SMILES string of the molecule is COc1ccc(NC(=O)C(C)OC(=O)C(C)Oc2ccc(C)cc2)cc1OC. The van der Waals surface area contributed by atoms with Crippen molar-refractivity contribution < 1.29 is 28.5 Å². The maximum Gasteiger partial charge on any atom is 0.347 e. The van der Waals surface area contributed by atoms with Gasteiger partial charge in [-0.05, 0) is 45.0 Å². The van der Waals surface area contributed by atoms with Gasteiger partial charge in [-0.25, -0.2) is 4.79 Å². The molecule has 0 radical (unpaired) electrons. The zero-order valence-electron chi connectivity index (χ0n) is 16.6. The molecule has 150 valence electrons. The number of benzene rings is 2. The second kappa shape index (κ2) is 9.64. The topological polar surface area (TPSA) is 83.1 Å². The Hall–Kier alpha value is -3.22. The summed E-state index contributed by atoms with van der Waals surface area (Å²) in [5.41, 5.74) is 1.58. The van der Waals surface area contributed by atoms with E-state index < -0.39 is 24.1 Å². The number of hydrogen-bond acceptors (Lipinski definition) is 6. The van der Waals surface area contributed by atoms with Crippen LogP contribution in [0, 0.1) is 6.92 Å². The zero-order chi connectivity index (χ0) is 20.7. The molecule has 2 atom stereocenters. The van der Waals surface area contributed by atoms with Crippen LogP contribution in [0.25, 0.3) is 0 Å². The maximum absolute atomic E-state index is 12.3. The summed E-state index contributed by atoms with van der Waals surface area (Å²) in [6.45, 7) is 5.02. The van der Waals surface area contributed by atoms with E-state index in [4.69, 9.17) is 18.9 Å². The van der Waals surface area contributed by atoms with Crippen molar-refractivity contribution in [3.05, 3.63) is 48.0 Å². The lowest BCUT2D eigenvalue weighted by Gasteiger charge is -2.18. The Morgan fingerprint density at radius 1 is 0.893 bits per heavy atom. The first-order chi connectivity index (χ1) is 13.3. The number of esters is 1. The molecule has 0 spiro atoms. The average Bonchev–Trinajstić information content (AvgIpc) is 2.69. The van der Waals surface area contributed by atoms with Crippen LogP contribution in [0.3, 0.4) is 0 Å². The van der Waals surface area contributed by atoms with E-state index in [1.54, 1.807) is 37.3 Å². The molecule has 0 aliphatic carbocycles. The fraction of sp³-hybridized carbons (Fsp3) is 0.333. The summed E-state index contributed by atoms with van der Waals surface area (Å²) in [6.07, 6.45) is -1.84. The highest BCUT2D eigenvalue weighted by atomic mass is 16.6. The van der Waals surface area contributed by atoms with Crippen LogP contribution in [0.4, 0.5) is 5.69 Å². The van der Waals surface area contributed by atoms with Gasteiger partial charge in [-0.2, -0.15) is 0 Å². The van der Waals surface area contributed by atoms with Crippen LogP contribution in [0.5, 0.6) is 17.2 Å². The highest BCUT2D eigenvalue weighted by Gasteiger charge is 2.23. The number of carbonyl (C=O) groups excluding carboxylic acids is 2. The minimum absolute atomic E-state index is 0.469. The molecule has 0 aliphatic heterocycles. The van der Waals surface area contributed by atoms with Crippen LogP contribution >= 0.6 is 0 Å². The van der Waals surface area contributed by atoms with Crippen molar-refractivity contribution in [1.29, 1.82) is 0 Å². The zero-order valence-corrected chi connectivity index (χ0v) is 16.6. The summed E-state index contributed by atoms with van der Waals surface area (Å²) in [5, 5.41) is 2.68. The summed E-state index contributed by atoms with van der Waals surface area (Å²) in [5.74, 6) is 0.475. The molecule has 2 unspecified atom stereocenters. The summed E-state index contributed by atoms with van der Waals surface area (Å²) in [6, 6.07) is 12.3. The number of hydrogen-bond donors (Lipinski definition) is 1. The molecule has 2 aromatic rings. The van der Waals surface area contributed by atoms with E-state index in [1.165, 1.54) is 21.1 Å². The Bertz CT molecular complexity index is 818. The van der Waals surface area contributed by atoms with Crippen LogP contribution in [0.15, 0.2) is 42.5 Å². The third-order valence-corrected chi connectivity index (χ3v) is 3.98. The van der Waals surface area contributed by atoms with Crippen LogP contribution in [-0.4, -0.2) is 38.3 Å². The molecule has 0 fully saturated rings. The lowest BCUT2D eigenvalue weighted by Crippen LogP contribution is -2.35. The Morgan fingerprint density at radius 2 is 1.54 bits per heavy atom. The standard InChI is InChI=1S/C21H25NO6/c1-13-6-9-17(10-7-13)27-15(3)21(24)28-14(2)20(23)22-16-8-11-18(25-4)19(12-16)26-5/h6-12,14-15H,1-5H3,(H,22,23). The summed E-state index contributed by atoms with van der Waals surface area (Å²) in [7, 11) is 3.03. The van der Waals surface area contributed by atoms with Crippen molar-refractivity contribution in [2.75, 3.05) is 19.5 Å². The Kier molecular flexibility index (Phi) is 7.26. The molecule has 1 N–H and O–H groups in total. The van der Waals surface area contributed by atoms with Gasteiger partial charge in [0.25, 0.3) is 5.91 Å². The van der Waals surface area contributed by atoms with Crippen molar-refractivity contribution in [3.63, 3.8) is 0 Å². The van der Waals surface area contributed by atoms with Gasteiger partial charge in [0.2, 0.25) is 0 Å². The average molecular weight is 387 g/mol. The van der Waals surface area contributed by atoms with Crippen molar-refractivity contribution in [3.8, 4) is 17.2 Å². The van der Waals surface area contributed by atoms with Crippen LogP contribution in [0.2, 0.25) is 0 Å². The largest absolute Gasteiger partial charge is 0.493 e. The van der Waals surface area contributed by atoms with E-state index in [2.05, 4.69) is 5.32 Å². The third-order valence-electron chi connectivity index (χ3n) is 3.98. The molecule has 1 amide bonds. The van der Waals surface area contributed by atoms with Crippen molar-refractivity contribution in [2.24, 2.45) is 0 Å². The number of amides is 1. The van der Waals surface area contributed by atoms with Gasteiger partial charge in [-0.15, -0.1) is 0 Å². The quantitative estimate of drug-likeness (QED) is 0.700. The molecule has 0 aliphatic rings. The van der Waals surface area contributed by atoms with E-state index in [0.717, 1.165) is 5.56 Å². The molecule has 0 aromatic heterocycles. The smallest absolute Gasteiger partial charge is 0.347 e. The molecule has 28 heavy (non-hydrogen) atoms. The predicted molar refractivity (Wildman–Crippen MR) is 105 cm³/mol. The monoisotopic (exact) mass is 387 g/mol. The minimum atomic E-state index is -0.996. The van der Waals surface area contributed by atoms with Crippen LogP contribution in [0.1, 0.15) is 19.4 Å². The van der Waals surface area contributed by atoms with Gasteiger partial charge >= 0.3 is 5.97 Å². The number of methoxy groups -OCH3 is 2. The van der Waals surface area contributed by atoms with E-state index in [1.807, 2.05) is 19.1 Å². The van der Waals surface area contributed by atoms with E-state index in [-0.39, 0.29) is 0 Å². The van der Waals surface area contributed by atoms with Crippen LogP contribution < -0.4 is 19.5 Å². The van der Waals surface area contributed by atoms with Crippen molar-refractivity contribution in [1.82, 2.24) is 0 Å². The summed E-state index contributed by atoms with van der Waals surface area (Å²) in [4.78, 5) is 24.5. The highest BCUT2D eigenvalue weighted by molar-refractivity contribution is 5.95. The number of rotatable bonds is 8. The number of nitrogens with one attached hydrogen (secondary N) is 1. The molecular weight excluding hydrogens is 362 g/mol.